The minimum Gasteiger partial charge on any atom is -0.389 e. The maximum Gasteiger partial charge on any atom is 0.0762 e. The number of halogens is 1. The maximum atomic E-state index is 9.69. The maximum absolute atomic E-state index is 9.69. The third-order valence-electron chi connectivity index (χ3n) is 4.24. The van der Waals surface area contributed by atoms with E-state index in [1.807, 2.05) is 18.2 Å². The Labute approximate surface area is 131 Å². The van der Waals surface area contributed by atoms with Gasteiger partial charge in [0.1, 0.15) is 0 Å². The fourth-order valence-electron chi connectivity index (χ4n) is 3.03. The number of rotatable bonds is 2. The number of benzene rings is 2. The largest absolute Gasteiger partial charge is 0.389 e. The quantitative estimate of drug-likeness (QED) is 0.855. The fraction of sp³-hybridized carbons (Fsp3) is 0.333. The van der Waals surface area contributed by atoms with Crippen molar-refractivity contribution in [2.24, 2.45) is 0 Å². The average Bonchev–Trinajstić information content (AvgIpc) is 2.48. The number of anilines is 2. The highest BCUT2D eigenvalue weighted by Crippen LogP contribution is 2.40. The predicted molar refractivity (Wildman–Crippen MR) is 88.4 cm³/mol. The second-order valence-electron chi connectivity index (χ2n) is 5.77. The molecule has 21 heavy (non-hydrogen) atoms. The van der Waals surface area contributed by atoms with Crippen LogP contribution in [0.5, 0.6) is 0 Å². The Morgan fingerprint density at radius 1 is 1.19 bits per heavy atom. The lowest BCUT2D eigenvalue weighted by atomic mass is 9.95. The first kappa shape index (κ1) is 14.4. The second-order valence-corrected chi connectivity index (χ2v) is 6.18. The average molecular weight is 302 g/mol. The molecule has 2 aromatic rings. The van der Waals surface area contributed by atoms with Crippen molar-refractivity contribution in [3.63, 3.8) is 0 Å². The Hall–Kier alpha value is -1.51. The Kier molecular flexibility index (Phi) is 3.92. The van der Waals surface area contributed by atoms with Gasteiger partial charge in [-0.2, -0.15) is 0 Å². The second kappa shape index (κ2) is 5.70. The minimum absolute atomic E-state index is 0.412. The smallest absolute Gasteiger partial charge is 0.0762 e. The van der Waals surface area contributed by atoms with Crippen molar-refractivity contribution in [2.75, 3.05) is 4.90 Å². The van der Waals surface area contributed by atoms with E-state index >= 15 is 0 Å². The molecule has 2 unspecified atom stereocenters. The molecule has 3 rings (SSSR count). The number of aliphatic hydroxyl groups excluding tert-OH is 1. The van der Waals surface area contributed by atoms with E-state index in [-0.39, 0.29) is 0 Å². The summed E-state index contributed by atoms with van der Waals surface area (Å²) in [6.45, 7) is 3.99. The summed E-state index contributed by atoms with van der Waals surface area (Å²) in [5, 5.41) is 10.4. The van der Waals surface area contributed by atoms with Crippen LogP contribution in [0.15, 0.2) is 42.5 Å². The van der Waals surface area contributed by atoms with Crippen molar-refractivity contribution in [1.29, 1.82) is 0 Å². The van der Waals surface area contributed by atoms with E-state index < -0.39 is 6.10 Å². The molecule has 0 aliphatic carbocycles. The first-order chi connectivity index (χ1) is 10.1. The van der Waals surface area contributed by atoms with Crippen molar-refractivity contribution in [3.8, 4) is 0 Å². The summed E-state index contributed by atoms with van der Waals surface area (Å²) in [7, 11) is 0. The number of aliphatic hydroxyl groups is 1. The van der Waals surface area contributed by atoms with Crippen molar-refractivity contribution < 1.29 is 5.11 Å². The minimum atomic E-state index is -0.498. The molecular weight excluding hydrogens is 282 g/mol. The van der Waals surface area contributed by atoms with Crippen molar-refractivity contribution in [3.05, 3.63) is 58.6 Å². The highest BCUT2D eigenvalue weighted by Gasteiger charge is 2.25. The van der Waals surface area contributed by atoms with Crippen LogP contribution >= 0.6 is 11.6 Å². The summed E-state index contributed by atoms with van der Waals surface area (Å²) in [5.41, 5.74) is 4.47. The Bertz CT molecular complexity index is 653. The Morgan fingerprint density at radius 3 is 2.67 bits per heavy atom. The number of hydrogen-bond acceptors (Lipinski definition) is 2. The molecule has 1 heterocycles. The normalized spacial score (nSPS) is 19.2. The van der Waals surface area contributed by atoms with Crippen molar-refractivity contribution >= 4 is 23.0 Å². The van der Waals surface area contributed by atoms with Crippen LogP contribution in [0.2, 0.25) is 5.02 Å². The molecular formula is C18H20ClNO. The van der Waals surface area contributed by atoms with Gasteiger partial charge in [-0.25, -0.2) is 0 Å². The van der Waals surface area contributed by atoms with Gasteiger partial charge in [0.25, 0.3) is 0 Å². The van der Waals surface area contributed by atoms with Crippen LogP contribution in [0, 0.1) is 0 Å². The van der Waals surface area contributed by atoms with Crippen molar-refractivity contribution in [2.45, 2.75) is 38.8 Å². The molecule has 0 amide bonds. The Balaban J connectivity index is 2.07. The molecule has 1 N–H and O–H groups in total. The molecule has 2 nitrogen and oxygen atoms in total. The number of fused-ring (bicyclic) bond motifs is 1. The van der Waals surface area contributed by atoms with Crippen LogP contribution in [-0.2, 0) is 6.42 Å². The summed E-state index contributed by atoms with van der Waals surface area (Å²) >= 11 is 6.49. The van der Waals surface area contributed by atoms with Crippen LogP contribution < -0.4 is 4.90 Å². The molecule has 1 aliphatic heterocycles. The van der Waals surface area contributed by atoms with E-state index in [1.165, 1.54) is 11.3 Å². The SMILES string of the molecule is CC(O)c1ccc(N2c3ccccc3CCC2C)c(Cl)c1. The molecule has 0 radical (unpaired) electrons. The molecule has 0 saturated heterocycles. The topological polar surface area (TPSA) is 23.5 Å². The van der Waals surface area contributed by atoms with Gasteiger partial charge >= 0.3 is 0 Å². The van der Waals surface area contributed by atoms with E-state index in [0.717, 1.165) is 24.1 Å². The van der Waals surface area contributed by atoms with E-state index in [2.05, 4.69) is 36.1 Å². The summed E-state index contributed by atoms with van der Waals surface area (Å²) in [6.07, 6.45) is 1.73. The molecule has 0 saturated carbocycles. The summed E-state index contributed by atoms with van der Waals surface area (Å²) in [5.74, 6) is 0. The lowest BCUT2D eigenvalue weighted by Crippen LogP contribution is -2.33. The summed E-state index contributed by atoms with van der Waals surface area (Å²) in [4.78, 5) is 2.31. The highest BCUT2D eigenvalue weighted by molar-refractivity contribution is 6.33. The lowest BCUT2D eigenvalue weighted by Gasteiger charge is -2.37. The van der Waals surface area contributed by atoms with Gasteiger partial charge < -0.3 is 10.0 Å². The number of nitrogens with zero attached hydrogens (tertiary/aromatic N) is 1. The van der Waals surface area contributed by atoms with Gasteiger partial charge in [0.15, 0.2) is 0 Å². The zero-order chi connectivity index (χ0) is 15.0. The van der Waals surface area contributed by atoms with Gasteiger partial charge in [-0.3, -0.25) is 0 Å². The van der Waals surface area contributed by atoms with E-state index in [0.29, 0.717) is 11.1 Å². The molecule has 0 aromatic heterocycles. The fourth-order valence-corrected chi connectivity index (χ4v) is 3.31. The van der Waals surface area contributed by atoms with Crippen LogP contribution in [0.1, 0.15) is 37.5 Å². The first-order valence-corrected chi connectivity index (χ1v) is 7.80. The summed E-state index contributed by atoms with van der Waals surface area (Å²) in [6, 6.07) is 14.8. The van der Waals surface area contributed by atoms with Gasteiger partial charge in [-0.1, -0.05) is 35.9 Å². The molecule has 0 bridgehead atoms. The van der Waals surface area contributed by atoms with Crippen LogP contribution in [0.25, 0.3) is 0 Å². The van der Waals surface area contributed by atoms with Gasteiger partial charge in [0.05, 0.1) is 16.8 Å². The molecule has 2 atom stereocenters. The standard InChI is InChI=1S/C18H20ClNO/c1-12-7-8-14-5-3-4-6-17(14)20(12)18-10-9-15(13(2)21)11-16(18)19/h3-6,9-13,21H,7-8H2,1-2H3. The molecule has 1 aliphatic rings. The molecule has 0 fully saturated rings. The van der Waals surface area contributed by atoms with E-state index in [4.69, 9.17) is 11.6 Å². The molecule has 0 spiro atoms. The predicted octanol–water partition coefficient (Wildman–Crippen LogP) is 4.87. The van der Waals surface area contributed by atoms with Crippen LogP contribution in [0.3, 0.4) is 0 Å². The number of para-hydroxylation sites is 1. The third-order valence-corrected chi connectivity index (χ3v) is 4.54. The zero-order valence-electron chi connectivity index (χ0n) is 12.4. The number of hydrogen-bond donors (Lipinski definition) is 1. The van der Waals surface area contributed by atoms with Crippen LogP contribution in [-0.4, -0.2) is 11.1 Å². The molecule has 2 aromatic carbocycles. The van der Waals surface area contributed by atoms with E-state index in [9.17, 15) is 5.11 Å². The zero-order valence-corrected chi connectivity index (χ0v) is 13.1. The monoisotopic (exact) mass is 301 g/mol. The van der Waals surface area contributed by atoms with Crippen molar-refractivity contribution in [1.82, 2.24) is 0 Å². The van der Waals surface area contributed by atoms with E-state index in [1.54, 1.807) is 6.92 Å². The van der Waals surface area contributed by atoms with Gasteiger partial charge in [0.2, 0.25) is 0 Å². The molecule has 110 valence electrons. The third kappa shape index (κ3) is 2.66. The van der Waals surface area contributed by atoms with Gasteiger partial charge in [-0.05, 0) is 56.0 Å². The summed E-state index contributed by atoms with van der Waals surface area (Å²) < 4.78 is 0. The molecule has 3 heteroatoms. The van der Waals surface area contributed by atoms with Gasteiger partial charge in [0, 0.05) is 11.7 Å². The number of aryl methyl sites for hydroxylation is 1. The lowest BCUT2D eigenvalue weighted by molar-refractivity contribution is 0.199. The van der Waals surface area contributed by atoms with Gasteiger partial charge in [-0.15, -0.1) is 0 Å². The highest BCUT2D eigenvalue weighted by atomic mass is 35.5. The first-order valence-electron chi connectivity index (χ1n) is 7.42. The Morgan fingerprint density at radius 2 is 1.95 bits per heavy atom. The van der Waals surface area contributed by atoms with Crippen LogP contribution in [0.4, 0.5) is 11.4 Å².